The van der Waals surface area contributed by atoms with E-state index in [1.807, 2.05) is 55.1 Å². The SMILES string of the molecule is CC1(C)COCCC[C@H]2CN(Cc3ccc4c(c3)OCCO4)CC[C@H]2CC(=O)N(Cc2ccccc2)C[C@@H]1O. The van der Waals surface area contributed by atoms with E-state index in [9.17, 15) is 9.90 Å². The lowest BCUT2D eigenvalue weighted by molar-refractivity contribution is -0.137. The summed E-state index contributed by atoms with van der Waals surface area (Å²) in [5, 5.41) is 11.1. The molecule has 2 aromatic carbocycles. The van der Waals surface area contributed by atoms with Crippen LogP contribution in [-0.2, 0) is 22.6 Å². The minimum Gasteiger partial charge on any atom is -0.486 e. The van der Waals surface area contributed by atoms with Crippen molar-refractivity contribution < 1.29 is 24.1 Å². The summed E-state index contributed by atoms with van der Waals surface area (Å²) >= 11 is 0. The molecular weight excluding hydrogens is 492 g/mol. The van der Waals surface area contributed by atoms with Gasteiger partial charge in [-0.15, -0.1) is 0 Å². The van der Waals surface area contributed by atoms with Gasteiger partial charge < -0.3 is 24.2 Å². The number of carbonyl (C=O) groups is 1. The van der Waals surface area contributed by atoms with E-state index in [0.29, 0.717) is 57.8 Å². The molecule has 0 spiro atoms. The minimum atomic E-state index is -0.658. The van der Waals surface area contributed by atoms with Crippen LogP contribution in [0.25, 0.3) is 0 Å². The van der Waals surface area contributed by atoms with Gasteiger partial charge in [0.2, 0.25) is 5.91 Å². The van der Waals surface area contributed by atoms with Crippen molar-refractivity contribution in [3.8, 4) is 11.5 Å². The number of amides is 1. The quantitative estimate of drug-likeness (QED) is 0.620. The smallest absolute Gasteiger partial charge is 0.223 e. The Morgan fingerprint density at radius 2 is 1.69 bits per heavy atom. The third kappa shape index (κ3) is 7.33. The van der Waals surface area contributed by atoms with E-state index in [4.69, 9.17) is 14.2 Å². The zero-order chi connectivity index (χ0) is 27.2. The molecule has 7 nitrogen and oxygen atoms in total. The molecule has 3 heterocycles. The molecule has 3 aliphatic rings. The summed E-state index contributed by atoms with van der Waals surface area (Å²) in [6.07, 6.45) is 2.87. The first kappa shape index (κ1) is 27.9. The number of β-amino-alcohol motifs (C(OH)–C–C–N with tert-alkyl or cyclic N) is 1. The first-order chi connectivity index (χ1) is 18.9. The van der Waals surface area contributed by atoms with Gasteiger partial charge in [-0.25, -0.2) is 0 Å². The molecule has 2 fully saturated rings. The van der Waals surface area contributed by atoms with Gasteiger partial charge in [-0.2, -0.15) is 0 Å². The van der Waals surface area contributed by atoms with Crippen LogP contribution in [-0.4, -0.2) is 73.0 Å². The molecule has 2 saturated heterocycles. The molecule has 0 aromatic heterocycles. The van der Waals surface area contributed by atoms with Gasteiger partial charge in [0, 0.05) is 44.6 Å². The topological polar surface area (TPSA) is 71.5 Å². The molecule has 0 radical (unpaired) electrons. The first-order valence-corrected chi connectivity index (χ1v) is 14.6. The molecule has 0 aliphatic carbocycles. The summed E-state index contributed by atoms with van der Waals surface area (Å²) in [5.74, 6) is 2.57. The number of hydrogen-bond donors (Lipinski definition) is 1. The lowest BCUT2D eigenvalue weighted by atomic mass is 9.80. The monoisotopic (exact) mass is 536 g/mol. The summed E-state index contributed by atoms with van der Waals surface area (Å²) in [7, 11) is 0. The Balaban J connectivity index is 1.29. The zero-order valence-corrected chi connectivity index (χ0v) is 23.5. The highest BCUT2D eigenvalue weighted by atomic mass is 16.6. The van der Waals surface area contributed by atoms with Crippen molar-refractivity contribution in [2.75, 3.05) is 46.1 Å². The van der Waals surface area contributed by atoms with E-state index in [-0.39, 0.29) is 5.91 Å². The number of likely N-dealkylation sites (tertiary alicyclic amines) is 1. The molecule has 1 N–H and O–H groups in total. The number of hydrogen-bond acceptors (Lipinski definition) is 6. The molecule has 3 atom stereocenters. The number of piperidine rings is 1. The summed E-state index contributed by atoms with van der Waals surface area (Å²) in [4.78, 5) is 18.2. The number of aliphatic hydroxyl groups is 1. The van der Waals surface area contributed by atoms with E-state index in [1.54, 1.807) is 0 Å². The van der Waals surface area contributed by atoms with Crippen LogP contribution in [0.4, 0.5) is 0 Å². The fraction of sp³-hybridized carbons (Fsp3) is 0.594. The fourth-order valence-electron chi connectivity index (χ4n) is 6.09. The lowest BCUT2D eigenvalue weighted by Gasteiger charge is -2.39. The second-order valence-corrected chi connectivity index (χ2v) is 12.2. The van der Waals surface area contributed by atoms with Crippen molar-refractivity contribution in [2.45, 2.75) is 58.7 Å². The van der Waals surface area contributed by atoms with Gasteiger partial charge in [-0.3, -0.25) is 9.69 Å². The Labute approximate surface area is 233 Å². The predicted octanol–water partition coefficient (Wildman–Crippen LogP) is 4.51. The Morgan fingerprint density at radius 1 is 0.897 bits per heavy atom. The molecular formula is C32H44N2O5. The first-order valence-electron chi connectivity index (χ1n) is 14.6. The van der Waals surface area contributed by atoms with Crippen LogP contribution in [0.15, 0.2) is 48.5 Å². The van der Waals surface area contributed by atoms with Crippen LogP contribution in [0, 0.1) is 17.3 Å². The Hall–Kier alpha value is -2.61. The highest BCUT2D eigenvalue weighted by Crippen LogP contribution is 2.35. The van der Waals surface area contributed by atoms with E-state index in [2.05, 4.69) is 17.0 Å². The number of aliphatic hydroxyl groups excluding tert-OH is 1. The predicted molar refractivity (Wildman–Crippen MR) is 151 cm³/mol. The second kappa shape index (κ2) is 12.7. The van der Waals surface area contributed by atoms with Crippen LogP contribution in [0.3, 0.4) is 0 Å². The number of benzene rings is 2. The molecule has 39 heavy (non-hydrogen) atoms. The van der Waals surface area contributed by atoms with Crippen molar-refractivity contribution in [3.63, 3.8) is 0 Å². The minimum absolute atomic E-state index is 0.143. The molecule has 212 valence electrons. The van der Waals surface area contributed by atoms with Crippen LogP contribution in [0.2, 0.25) is 0 Å². The van der Waals surface area contributed by atoms with Gasteiger partial charge >= 0.3 is 0 Å². The fourth-order valence-corrected chi connectivity index (χ4v) is 6.09. The lowest BCUT2D eigenvalue weighted by Crippen LogP contribution is -2.46. The summed E-state index contributed by atoms with van der Waals surface area (Å²) in [6.45, 7) is 10.0. The maximum Gasteiger partial charge on any atom is 0.223 e. The molecule has 0 bridgehead atoms. The Kier molecular flexibility index (Phi) is 9.10. The molecule has 0 saturated carbocycles. The zero-order valence-electron chi connectivity index (χ0n) is 23.5. The van der Waals surface area contributed by atoms with E-state index >= 15 is 0 Å². The van der Waals surface area contributed by atoms with Gasteiger partial charge in [0.15, 0.2) is 11.5 Å². The third-order valence-electron chi connectivity index (χ3n) is 8.63. The van der Waals surface area contributed by atoms with Crippen LogP contribution >= 0.6 is 0 Å². The number of carbonyl (C=O) groups excluding carboxylic acids is 1. The Morgan fingerprint density at radius 3 is 2.51 bits per heavy atom. The second-order valence-electron chi connectivity index (χ2n) is 12.2. The molecule has 0 unspecified atom stereocenters. The maximum atomic E-state index is 13.8. The van der Waals surface area contributed by atoms with Crippen molar-refractivity contribution in [3.05, 3.63) is 59.7 Å². The largest absolute Gasteiger partial charge is 0.486 e. The summed E-state index contributed by atoms with van der Waals surface area (Å²) in [5.41, 5.74) is 1.88. The highest BCUT2D eigenvalue weighted by Gasteiger charge is 2.35. The number of ether oxygens (including phenoxy) is 3. The van der Waals surface area contributed by atoms with Gasteiger partial charge in [-0.1, -0.05) is 50.2 Å². The van der Waals surface area contributed by atoms with Crippen molar-refractivity contribution in [1.82, 2.24) is 9.80 Å². The van der Waals surface area contributed by atoms with E-state index in [0.717, 1.165) is 56.0 Å². The van der Waals surface area contributed by atoms with Crippen LogP contribution in [0.1, 0.15) is 50.7 Å². The normalized spacial score (nSPS) is 26.6. The van der Waals surface area contributed by atoms with Crippen molar-refractivity contribution in [1.29, 1.82) is 0 Å². The third-order valence-corrected chi connectivity index (χ3v) is 8.63. The van der Waals surface area contributed by atoms with Crippen molar-refractivity contribution in [2.24, 2.45) is 17.3 Å². The number of nitrogens with zero attached hydrogens (tertiary/aromatic N) is 2. The van der Waals surface area contributed by atoms with Crippen molar-refractivity contribution >= 4 is 5.91 Å². The van der Waals surface area contributed by atoms with Gasteiger partial charge in [0.25, 0.3) is 0 Å². The molecule has 1 amide bonds. The molecule has 7 heteroatoms. The average molecular weight is 537 g/mol. The number of rotatable bonds is 4. The molecule has 2 aromatic rings. The average Bonchev–Trinajstić information content (AvgIpc) is 2.94. The van der Waals surface area contributed by atoms with Gasteiger partial charge in [0.05, 0.1) is 12.7 Å². The molecule has 5 rings (SSSR count). The van der Waals surface area contributed by atoms with Gasteiger partial charge in [-0.05, 0) is 60.9 Å². The number of fused-ring (bicyclic) bond motifs is 2. The maximum absolute atomic E-state index is 13.8. The van der Waals surface area contributed by atoms with Crippen LogP contribution in [0.5, 0.6) is 11.5 Å². The van der Waals surface area contributed by atoms with E-state index in [1.165, 1.54) is 5.56 Å². The van der Waals surface area contributed by atoms with E-state index < -0.39 is 11.5 Å². The highest BCUT2D eigenvalue weighted by molar-refractivity contribution is 5.76. The van der Waals surface area contributed by atoms with Crippen LogP contribution < -0.4 is 9.47 Å². The summed E-state index contributed by atoms with van der Waals surface area (Å²) in [6, 6.07) is 16.4. The standard InChI is InChI=1S/C32H44N2O5/c1-32(2)23-37-14-6-9-27-21-33(19-25-10-11-28-29(17-25)39-16-15-38-28)13-12-26(27)18-31(36)34(22-30(32)35)20-24-7-4-3-5-8-24/h3-5,7-8,10-11,17,26-27,30,35H,6,9,12-16,18-23H2,1-2H3/t26-,27-,30-/m0/s1. The summed E-state index contributed by atoms with van der Waals surface area (Å²) < 4.78 is 17.6. The Bertz CT molecular complexity index is 1090. The molecule has 3 aliphatic heterocycles. The van der Waals surface area contributed by atoms with Gasteiger partial charge in [0.1, 0.15) is 13.2 Å².